The van der Waals surface area contributed by atoms with Crippen molar-refractivity contribution in [3.8, 4) is 11.1 Å². The van der Waals surface area contributed by atoms with Gasteiger partial charge in [0.1, 0.15) is 11.4 Å². The van der Waals surface area contributed by atoms with Gasteiger partial charge in [0, 0.05) is 12.6 Å². The van der Waals surface area contributed by atoms with Gasteiger partial charge in [-0.2, -0.15) is 0 Å². The van der Waals surface area contributed by atoms with Crippen LogP contribution in [0.5, 0.6) is 0 Å². The van der Waals surface area contributed by atoms with Crippen LogP contribution in [0.25, 0.3) is 11.1 Å². The Kier molecular flexibility index (Phi) is 4.17. The maximum Gasteiger partial charge on any atom is 0.354 e. The molecule has 0 aliphatic heterocycles. The molecule has 2 aromatic rings. The van der Waals surface area contributed by atoms with Gasteiger partial charge in [0.05, 0.1) is 0 Å². The second-order valence-electron chi connectivity index (χ2n) is 4.50. The van der Waals surface area contributed by atoms with Gasteiger partial charge in [-0.25, -0.2) is 14.6 Å². The van der Waals surface area contributed by atoms with E-state index in [1.807, 2.05) is 0 Å². The molecule has 22 heavy (non-hydrogen) atoms. The number of hydrogen-bond acceptors (Lipinski definition) is 4. The number of aromatic nitrogens is 1. The van der Waals surface area contributed by atoms with E-state index in [2.05, 4.69) is 10.3 Å². The number of benzene rings is 1. The van der Waals surface area contributed by atoms with Gasteiger partial charge in [-0.05, 0) is 35.4 Å². The summed E-state index contributed by atoms with van der Waals surface area (Å²) in [6.07, 6.45) is 0. The number of carboxylic acids is 2. The minimum Gasteiger partial charge on any atom is -0.477 e. The molecule has 0 fully saturated rings. The van der Waals surface area contributed by atoms with Crippen LogP contribution in [0.3, 0.4) is 0 Å². The van der Waals surface area contributed by atoms with Crippen molar-refractivity contribution in [2.45, 2.75) is 6.92 Å². The van der Waals surface area contributed by atoms with Crippen molar-refractivity contribution in [3.05, 3.63) is 47.8 Å². The quantitative estimate of drug-likeness (QED) is 0.796. The van der Waals surface area contributed by atoms with Crippen LogP contribution >= 0.6 is 0 Å². The average molecular weight is 300 g/mol. The van der Waals surface area contributed by atoms with Crippen molar-refractivity contribution in [2.75, 3.05) is 5.32 Å². The molecule has 1 aromatic carbocycles. The lowest BCUT2D eigenvalue weighted by Crippen LogP contribution is -2.08. The number of carboxylic acid groups (broad SMARTS) is 2. The Hall–Kier alpha value is -3.22. The lowest BCUT2D eigenvalue weighted by molar-refractivity contribution is -0.114. The highest BCUT2D eigenvalue weighted by Crippen LogP contribution is 2.24. The Morgan fingerprint density at radius 2 is 1.55 bits per heavy atom. The molecule has 0 unspecified atom stereocenters. The van der Waals surface area contributed by atoms with Crippen molar-refractivity contribution in [1.82, 2.24) is 4.98 Å². The molecule has 0 atom stereocenters. The van der Waals surface area contributed by atoms with E-state index >= 15 is 0 Å². The normalized spacial score (nSPS) is 10.0. The van der Waals surface area contributed by atoms with Crippen molar-refractivity contribution < 1.29 is 24.6 Å². The first kappa shape index (κ1) is 15.2. The predicted octanol–water partition coefficient (Wildman–Crippen LogP) is 2.10. The molecule has 0 saturated heterocycles. The Bertz CT molecular complexity index is 738. The van der Waals surface area contributed by atoms with Gasteiger partial charge < -0.3 is 15.5 Å². The second kappa shape index (κ2) is 6.04. The number of pyridine rings is 1. The number of carbonyl (C=O) groups excluding carboxylic acids is 1. The maximum absolute atomic E-state index is 11.1. The first-order valence-corrected chi connectivity index (χ1v) is 6.23. The average Bonchev–Trinajstić information content (AvgIpc) is 2.46. The monoisotopic (exact) mass is 300 g/mol. The molecule has 2 rings (SSSR count). The molecule has 1 heterocycles. The number of rotatable bonds is 4. The van der Waals surface area contributed by atoms with Crippen LogP contribution in [0.15, 0.2) is 36.4 Å². The highest BCUT2D eigenvalue weighted by molar-refractivity contribution is 5.93. The molecule has 112 valence electrons. The molecule has 0 bridgehead atoms. The Labute approximate surface area is 125 Å². The van der Waals surface area contributed by atoms with Gasteiger partial charge in [-0.15, -0.1) is 0 Å². The number of amides is 1. The number of hydrogen-bond donors (Lipinski definition) is 3. The number of aromatic carboxylic acids is 2. The molecule has 0 radical (unpaired) electrons. The molecule has 1 aromatic heterocycles. The zero-order chi connectivity index (χ0) is 16.3. The number of anilines is 1. The standard InChI is InChI=1S/C15H12N2O5/c1-8(18)16-11-4-2-3-9(5-11)10-6-12(14(19)20)17-13(7-10)15(21)22/h2-7H,1H3,(H,16,18)(H,19,20)(H,21,22). The summed E-state index contributed by atoms with van der Waals surface area (Å²) in [4.78, 5) is 36.7. The molecule has 7 nitrogen and oxygen atoms in total. The van der Waals surface area contributed by atoms with Crippen LogP contribution in [0, 0.1) is 0 Å². The van der Waals surface area contributed by atoms with Gasteiger partial charge in [-0.3, -0.25) is 4.79 Å². The number of nitrogens with zero attached hydrogens (tertiary/aromatic N) is 1. The molecule has 0 aliphatic rings. The zero-order valence-electron chi connectivity index (χ0n) is 11.5. The van der Waals surface area contributed by atoms with Crippen molar-refractivity contribution in [3.63, 3.8) is 0 Å². The lowest BCUT2D eigenvalue weighted by Gasteiger charge is -2.08. The highest BCUT2D eigenvalue weighted by atomic mass is 16.4. The molecular formula is C15H12N2O5. The van der Waals surface area contributed by atoms with E-state index in [9.17, 15) is 14.4 Å². The largest absolute Gasteiger partial charge is 0.477 e. The fourth-order valence-electron chi connectivity index (χ4n) is 1.90. The van der Waals surface area contributed by atoms with Gasteiger partial charge >= 0.3 is 11.9 Å². The smallest absolute Gasteiger partial charge is 0.354 e. The van der Waals surface area contributed by atoms with Gasteiger partial charge in [0.25, 0.3) is 0 Å². The van der Waals surface area contributed by atoms with Gasteiger partial charge in [0.15, 0.2) is 0 Å². The Morgan fingerprint density at radius 3 is 2.05 bits per heavy atom. The van der Waals surface area contributed by atoms with Crippen molar-refractivity contribution in [2.24, 2.45) is 0 Å². The van der Waals surface area contributed by atoms with Crippen molar-refractivity contribution >= 4 is 23.5 Å². The third kappa shape index (κ3) is 3.45. The maximum atomic E-state index is 11.1. The van der Waals surface area contributed by atoms with Crippen LogP contribution in [0.2, 0.25) is 0 Å². The summed E-state index contributed by atoms with van der Waals surface area (Å²) in [7, 11) is 0. The molecule has 7 heteroatoms. The van der Waals surface area contributed by atoms with Gasteiger partial charge in [0.2, 0.25) is 5.91 Å². The predicted molar refractivity (Wildman–Crippen MR) is 77.9 cm³/mol. The first-order valence-electron chi connectivity index (χ1n) is 6.23. The van der Waals surface area contributed by atoms with E-state index < -0.39 is 11.9 Å². The van der Waals surface area contributed by atoms with E-state index in [-0.39, 0.29) is 17.3 Å². The number of carbonyl (C=O) groups is 3. The van der Waals surface area contributed by atoms with Crippen LogP contribution in [-0.2, 0) is 4.79 Å². The summed E-state index contributed by atoms with van der Waals surface area (Å²) in [6.45, 7) is 1.37. The van der Waals surface area contributed by atoms with Crippen molar-refractivity contribution in [1.29, 1.82) is 0 Å². The summed E-state index contributed by atoms with van der Waals surface area (Å²) < 4.78 is 0. The van der Waals surface area contributed by atoms with E-state index in [0.717, 1.165) is 0 Å². The third-order valence-corrected chi connectivity index (χ3v) is 2.78. The highest BCUT2D eigenvalue weighted by Gasteiger charge is 2.14. The molecule has 3 N–H and O–H groups in total. The van der Waals surface area contributed by atoms with Crippen LogP contribution in [0.4, 0.5) is 5.69 Å². The van der Waals surface area contributed by atoms with Gasteiger partial charge in [-0.1, -0.05) is 12.1 Å². The van der Waals surface area contributed by atoms with Crippen LogP contribution < -0.4 is 5.32 Å². The Morgan fingerprint density at radius 1 is 0.955 bits per heavy atom. The first-order chi connectivity index (χ1) is 10.4. The molecule has 0 spiro atoms. The van der Waals surface area contributed by atoms with Crippen LogP contribution in [-0.4, -0.2) is 33.0 Å². The Balaban J connectivity index is 2.53. The number of nitrogens with one attached hydrogen (secondary N) is 1. The molecule has 0 aliphatic carbocycles. The summed E-state index contributed by atoms with van der Waals surface area (Å²) in [5, 5.41) is 20.6. The summed E-state index contributed by atoms with van der Waals surface area (Å²) in [6, 6.07) is 9.19. The summed E-state index contributed by atoms with van der Waals surface area (Å²) >= 11 is 0. The summed E-state index contributed by atoms with van der Waals surface area (Å²) in [5.41, 5.74) is 0.755. The van der Waals surface area contributed by atoms with E-state index in [4.69, 9.17) is 10.2 Å². The molecular weight excluding hydrogens is 288 g/mol. The molecule has 1 amide bonds. The molecule has 0 saturated carbocycles. The van der Waals surface area contributed by atoms with E-state index in [0.29, 0.717) is 16.8 Å². The topological polar surface area (TPSA) is 117 Å². The SMILES string of the molecule is CC(=O)Nc1cccc(-c2cc(C(=O)O)nc(C(=O)O)c2)c1. The second-order valence-corrected chi connectivity index (χ2v) is 4.50. The zero-order valence-corrected chi connectivity index (χ0v) is 11.5. The van der Waals surface area contributed by atoms with E-state index in [1.165, 1.54) is 19.1 Å². The summed E-state index contributed by atoms with van der Waals surface area (Å²) in [5.74, 6) is -2.88. The van der Waals surface area contributed by atoms with E-state index in [1.54, 1.807) is 24.3 Å². The third-order valence-electron chi connectivity index (χ3n) is 2.78. The minimum atomic E-state index is -1.32. The fraction of sp³-hybridized carbons (Fsp3) is 0.0667. The fourth-order valence-corrected chi connectivity index (χ4v) is 1.90. The van der Waals surface area contributed by atoms with Crippen LogP contribution in [0.1, 0.15) is 27.9 Å². The lowest BCUT2D eigenvalue weighted by atomic mass is 10.0. The minimum absolute atomic E-state index is 0.246.